The van der Waals surface area contributed by atoms with E-state index in [1.807, 2.05) is 19.1 Å². The molecule has 0 radical (unpaired) electrons. The number of urea groups is 1. The number of amides is 2. The molecular weight excluding hydrogens is 338 g/mol. The first kappa shape index (κ1) is 19.2. The molecule has 2 amide bonds. The van der Waals surface area contributed by atoms with E-state index >= 15 is 0 Å². The molecule has 3 rings (SSSR count). The van der Waals surface area contributed by atoms with E-state index in [0.29, 0.717) is 6.54 Å². The van der Waals surface area contributed by atoms with Crippen molar-refractivity contribution in [3.63, 3.8) is 0 Å². The van der Waals surface area contributed by atoms with Gasteiger partial charge in [-0.15, -0.1) is 0 Å². The van der Waals surface area contributed by atoms with Crippen molar-refractivity contribution in [3.8, 4) is 5.75 Å². The highest BCUT2D eigenvalue weighted by Crippen LogP contribution is 2.17. The Labute approximate surface area is 161 Å². The summed E-state index contributed by atoms with van der Waals surface area (Å²) in [5, 5.41) is 15.3. The maximum absolute atomic E-state index is 12.1. The van der Waals surface area contributed by atoms with Gasteiger partial charge in [0.2, 0.25) is 0 Å². The number of carbonyl (C=O) groups excluding carboxylic acids is 1. The van der Waals surface area contributed by atoms with Crippen molar-refractivity contribution in [3.05, 3.63) is 65.2 Å². The Hall–Kier alpha value is -2.53. The van der Waals surface area contributed by atoms with E-state index in [9.17, 15) is 9.90 Å². The molecule has 5 heteroatoms. The van der Waals surface area contributed by atoms with Crippen LogP contribution in [0.4, 0.5) is 4.79 Å². The molecule has 2 aromatic rings. The van der Waals surface area contributed by atoms with Gasteiger partial charge in [-0.25, -0.2) is 4.79 Å². The fraction of sp³-hybridized carbons (Fsp3) is 0.409. The number of aromatic hydroxyl groups is 1. The number of fused-ring (bicyclic) bond motifs is 1. The Bertz CT molecular complexity index is 745. The fourth-order valence-electron chi connectivity index (χ4n) is 3.47. The van der Waals surface area contributed by atoms with Crippen LogP contribution in [0.15, 0.2) is 48.5 Å². The Morgan fingerprint density at radius 3 is 2.67 bits per heavy atom. The van der Waals surface area contributed by atoms with Crippen molar-refractivity contribution in [1.82, 2.24) is 15.5 Å². The molecule has 1 unspecified atom stereocenters. The Balaban J connectivity index is 1.32. The van der Waals surface area contributed by atoms with Gasteiger partial charge < -0.3 is 15.7 Å². The van der Waals surface area contributed by atoms with E-state index in [1.54, 1.807) is 12.1 Å². The summed E-state index contributed by atoms with van der Waals surface area (Å²) in [6, 6.07) is 15.8. The smallest absolute Gasteiger partial charge is 0.315 e. The lowest BCUT2D eigenvalue weighted by Crippen LogP contribution is -2.44. The molecule has 0 saturated carbocycles. The highest BCUT2D eigenvalue weighted by molar-refractivity contribution is 5.74. The van der Waals surface area contributed by atoms with Gasteiger partial charge in [0.15, 0.2) is 0 Å². The standard InChI is InChI=1S/C22H29N3O2/c1-17(6-7-18-8-10-21(26)11-9-18)24-22(27)23-13-15-25-14-12-19-4-2-3-5-20(19)16-25/h2-5,8-11,17,26H,6-7,12-16H2,1H3,(H2,23,24,27). The molecule has 1 atom stereocenters. The van der Waals surface area contributed by atoms with Crippen LogP contribution in [0.1, 0.15) is 30.0 Å². The normalized spacial score (nSPS) is 15.0. The number of aryl methyl sites for hydroxylation is 1. The molecule has 0 saturated heterocycles. The van der Waals surface area contributed by atoms with Crippen molar-refractivity contribution in [1.29, 1.82) is 0 Å². The van der Waals surface area contributed by atoms with Gasteiger partial charge in [0, 0.05) is 32.2 Å². The average Bonchev–Trinajstić information content (AvgIpc) is 2.67. The summed E-state index contributed by atoms with van der Waals surface area (Å²) in [6.45, 7) is 5.54. The third-order valence-corrected chi connectivity index (χ3v) is 5.10. The first-order chi connectivity index (χ1) is 13.1. The zero-order valence-electron chi connectivity index (χ0n) is 15.9. The lowest BCUT2D eigenvalue weighted by Gasteiger charge is -2.28. The molecule has 0 spiro atoms. The topological polar surface area (TPSA) is 64.6 Å². The van der Waals surface area contributed by atoms with Gasteiger partial charge in [-0.2, -0.15) is 0 Å². The molecule has 0 aliphatic carbocycles. The molecule has 2 aromatic carbocycles. The number of rotatable bonds is 7. The highest BCUT2D eigenvalue weighted by Gasteiger charge is 2.15. The summed E-state index contributed by atoms with van der Waals surface area (Å²) < 4.78 is 0. The maximum atomic E-state index is 12.1. The molecule has 0 bridgehead atoms. The molecule has 3 N–H and O–H groups in total. The van der Waals surface area contributed by atoms with Crippen LogP contribution in [0.25, 0.3) is 0 Å². The summed E-state index contributed by atoms with van der Waals surface area (Å²) in [4.78, 5) is 14.5. The maximum Gasteiger partial charge on any atom is 0.315 e. The summed E-state index contributed by atoms with van der Waals surface area (Å²) in [7, 11) is 0. The number of nitrogens with one attached hydrogen (secondary N) is 2. The zero-order valence-corrected chi connectivity index (χ0v) is 15.9. The second-order valence-electron chi connectivity index (χ2n) is 7.30. The van der Waals surface area contributed by atoms with Gasteiger partial charge in [0.05, 0.1) is 0 Å². The number of phenols is 1. The van der Waals surface area contributed by atoms with Crippen LogP contribution < -0.4 is 10.6 Å². The van der Waals surface area contributed by atoms with E-state index in [1.165, 1.54) is 11.1 Å². The molecule has 0 fully saturated rings. The Morgan fingerprint density at radius 1 is 1.15 bits per heavy atom. The van der Waals surface area contributed by atoms with Crippen molar-refractivity contribution in [2.75, 3.05) is 19.6 Å². The molecule has 1 aliphatic heterocycles. The largest absolute Gasteiger partial charge is 0.508 e. The summed E-state index contributed by atoms with van der Waals surface area (Å²) >= 11 is 0. The number of hydrogen-bond donors (Lipinski definition) is 3. The number of benzene rings is 2. The van der Waals surface area contributed by atoms with Crippen LogP contribution in [0.5, 0.6) is 5.75 Å². The zero-order chi connectivity index (χ0) is 19.1. The van der Waals surface area contributed by atoms with Gasteiger partial charge in [0.1, 0.15) is 5.75 Å². The predicted octanol–water partition coefficient (Wildman–Crippen LogP) is 3.07. The quantitative estimate of drug-likeness (QED) is 0.705. The number of carbonyl (C=O) groups is 1. The van der Waals surface area contributed by atoms with Gasteiger partial charge in [-0.3, -0.25) is 4.90 Å². The lowest BCUT2D eigenvalue weighted by molar-refractivity contribution is 0.228. The van der Waals surface area contributed by atoms with Gasteiger partial charge in [0.25, 0.3) is 0 Å². The van der Waals surface area contributed by atoms with Crippen molar-refractivity contribution < 1.29 is 9.90 Å². The van der Waals surface area contributed by atoms with E-state index in [4.69, 9.17) is 0 Å². The van der Waals surface area contributed by atoms with Crippen molar-refractivity contribution in [2.45, 2.75) is 38.8 Å². The lowest BCUT2D eigenvalue weighted by atomic mass is 10.00. The average molecular weight is 367 g/mol. The first-order valence-corrected chi connectivity index (χ1v) is 9.71. The van der Waals surface area contributed by atoms with E-state index in [2.05, 4.69) is 39.8 Å². The Morgan fingerprint density at radius 2 is 1.89 bits per heavy atom. The highest BCUT2D eigenvalue weighted by atomic mass is 16.3. The predicted molar refractivity (Wildman–Crippen MR) is 108 cm³/mol. The van der Waals surface area contributed by atoms with E-state index in [0.717, 1.165) is 44.5 Å². The molecule has 0 aromatic heterocycles. The van der Waals surface area contributed by atoms with Crippen molar-refractivity contribution >= 4 is 6.03 Å². The van der Waals surface area contributed by atoms with Gasteiger partial charge in [-0.05, 0) is 55.0 Å². The molecule has 1 aliphatic rings. The fourth-order valence-corrected chi connectivity index (χ4v) is 3.47. The monoisotopic (exact) mass is 367 g/mol. The third-order valence-electron chi connectivity index (χ3n) is 5.10. The van der Waals surface area contributed by atoms with Crippen molar-refractivity contribution in [2.24, 2.45) is 0 Å². The number of nitrogens with zero attached hydrogens (tertiary/aromatic N) is 1. The first-order valence-electron chi connectivity index (χ1n) is 9.71. The summed E-state index contributed by atoms with van der Waals surface area (Å²) in [5.74, 6) is 0.279. The van der Waals surface area contributed by atoms with Crippen LogP contribution in [0, 0.1) is 0 Å². The Kier molecular flexibility index (Phi) is 6.71. The molecular formula is C22H29N3O2. The van der Waals surface area contributed by atoms with E-state index in [-0.39, 0.29) is 17.8 Å². The molecule has 5 nitrogen and oxygen atoms in total. The minimum Gasteiger partial charge on any atom is -0.508 e. The van der Waals surface area contributed by atoms with Crippen LogP contribution in [0.3, 0.4) is 0 Å². The van der Waals surface area contributed by atoms with Gasteiger partial charge >= 0.3 is 6.03 Å². The van der Waals surface area contributed by atoms with Gasteiger partial charge in [-0.1, -0.05) is 36.4 Å². The summed E-state index contributed by atoms with van der Waals surface area (Å²) in [6.07, 6.45) is 2.81. The van der Waals surface area contributed by atoms with Crippen LogP contribution >= 0.6 is 0 Å². The van der Waals surface area contributed by atoms with Crippen LogP contribution in [0.2, 0.25) is 0 Å². The van der Waals surface area contributed by atoms with Crippen LogP contribution in [-0.2, 0) is 19.4 Å². The number of phenolic OH excluding ortho intramolecular Hbond substituents is 1. The second kappa shape index (κ2) is 9.42. The third kappa shape index (κ3) is 6.00. The number of hydrogen-bond acceptors (Lipinski definition) is 3. The summed E-state index contributed by atoms with van der Waals surface area (Å²) in [5.41, 5.74) is 4.00. The second-order valence-corrected chi connectivity index (χ2v) is 7.30. The molecule has 27 heavy (non-hydrogen) atoms. The van der Waals surface area contributed by atoms with Crippen LogP contribution in [-0.4, -0.2) is 41.7 Å². The SMILES string of the molecule is CC(CCc1ccc(O)cc1)NC(=O)NCCN1CCc2ccccc2C1. The molecule has 144 valence electrons. The molecule has 1 heterocycles. The minimum atomic E-state index is -0.106. The van der Waals surface area contributed by atoms with E-state index < -0.39 is 0 Å². The minimum absolute atomic E-state index is 0.0978.